The molecule has 0 saturated carbocycles. The number of hydrogen-bond acceptors (Lipinski definition) is 5. The van der Waals surface area contributed by atoms with Crippen LogP contribution < -0.4 is 0 Å². The van der Waals surface area contributed by atoms with Crippen molar-refractivity contribution in [2.45, 2.75) is 58.2 Å². The Hall–Kier alpha value is -1.60. The summed E-state index contributed by atoms with van der Waals surface area (Å²) in [5.41, 5.74) is 1.66. The number of rotatable bonds is 3. The lowest BCUT2D eigenvalue weighted by molar-refractivity contribution is 0.0138. The second-order valence-electron chi connectivity index (χ2n) is 8.99. The number of nitrogens with zero attached hydrogens (tertiary/aromatic N) is 1. The largest absolute Gasteiger partial charge is 0.444 e. The van der Waals surface area contributed by atoms with E-state index in [2.05, 4.69) is 6.07 Å². The first-order chi connectivity index (χ1) is 13.0. The smallest absolute Gasteiger partial charge is 0.410 e. The van der Waals surface area contributed by atoms with E-state index in [-0.39, 0.29) is 6.09 Å². The van der Waals surface area contributed by atoms with Crippen molar-refractivity contribution >= 4 is 16.2 Å². The number of carbonyl (C=O) groups is 1. The molecule has 0 N–H and O–H groups in total. The van der Waals surface area contributed by atoms with E-state index in [9.17, 15) is 13.2 Å². The topological polar surface area (TPSA) is 72.9 Å². The van der Waals surface area contributed by atoms with Gasteiger partial charge in [0.2, 0.25) is 0 Å². The summed E-state index contributed by atoms with van der Waals surface area (Å²) in [5.74, 6) is 0.792. The molecular formula is C21H31NO5S. The third-order valence-electron chi connectivity index (χ3n) is 5.55. The van der Waals surface area contributed by atoms with Crippen LogP contribution in [0.15, 0.2) is 24.3 Å². The van der Waals surface area contributed by atoms with Crippen LogP contribution in [0.25, 0.3) is 0 Å². The second-order valence-corrected chi connectivity index (χ2v) is 10.6. The molecule has 1 aromatic carbocycles. The van der Waals surface area contributed by atoms with Gasteiger partial charge in [0.15, 0.2) is 0 Å². The van der Waals surface area contributed by atoms with Gasteiger partial charge in [-0.05, 0) is 69.4 Å². The van der Waals surface area contributed by atoms with E-state index in [0.717, 1.165) is 31.1 Å². The van der Waals surface area contributed by atoms with Crippen molar-refractivity contribution in [1.82, 2.24) is 4.90 Å². The van der Waals surface area contributed by atoms with Crippen molar-refractivity contribution in [3.63, 3.8) is 0 Å². The van der Waals surface area contributed by atoms with Crippen molar-refractivity contribution in [2.75, 3.05) is 19.3 Å². The summed E-state index contributed by atoms with van der Waals surface area (Å²) in [6, 6.07) is 7.95. The van der Waals surface area contributed by atoms with Crippen LogP contribution in [-0.2, 0) is 25.5 Å². The predicted octanol–water partition coefficient (Wildman–Crippen LogP) is 3.91. The van der Waals surface area contributed by atoms with E-state index in [0.29, 0.717) is 31.3 Å². The quantitative estimate of drug-likeness (QED) is 0.708. The van der Waals surface area contributed by atoms with E-state index in [1.54, 1.807) is 4.90 Å². The zero-order valence-electron chi connectivity index (χ0n) is 17.2. The zero-order valence-corrected chi connectivity index (χ0v) is 18.0. The maximum atomic E-state index is 12.3. The molecule has 1 aliphatic carbocycles. The molecule has 7 heteroatoms. The lowest BCUT2D eigenvalue weighted by Gasteiger charge is -2.40. The Morgan fingerprint density at radius 3 is 2.36 bits per heavy atom. The highest BCUT2D eigenvalue weighted by Crippen LogP contribution is 2.42. The van der Waals surface area contributed by atoms with Gasteiger partial charge in [0.05, 0.1) is 6.26 Å². The standard InChI is InChI=1S/C21H31NO5S/c1-21(2,3)26-20(23)22-11-9-15(10-12-22)17-13-16-7-5-6-8-18(16)19(14-17)27-28(4,24)25/h5-8,15,17,19H,9-14H2,1-4H3. The molecule has 1 heterocycles. The molecule has 156 valence electrons. The Labute approximate surface area is 168 Å². The predicted molar refractivity (Wildman–Crippen MR) is 107 cm³/mol. The first-order valence-corrected chi connectivity index (χ1v) is 11.8. The van der Waals surface area contributed by atoms with Crippen molar-refractivity contribution in [2.24, 2.45) is 11.8 Å². The Bertz CT molecular complexity index is 806. The summed E-state index contributed by atoms with van der Waals surface area (Å²) in [5, 5.41) is 0. The fourth-order valence-corrected chi connectivity index (χ4v) is 4.95. The zero-order chi connectivity index (χ0) is 20.5. The lowest BCUT2D eigenvalue weighted by atomic mass is 9.72. The average molecular weight is 410 g/mol. The third kappa shape index (κ3) is 5.47. The van der Waals surface area contributed by atoms with Crippen molar-refractivity contribution in [1.29, 1.82) is 0 Å². The minimum Gasteiger partial charge on any atom is -0.444 e. The number of piperidine rings is 1. The summed E-state index contributed by atoms with van der Waals surface area (Å²) < 4.78 is 34.4. The Morgan fingerprint density at radius 2 is 1.75 bits per heavy atom. The van der Waals surface area contributed by atoms with Gasteiger partial charge in [0.25, 0.3) is 10.1 Å². The summed E-state index contributed by atoms with van der Waals surface area (Å²) >= 11 is 0. The molecule has 1 aliphatic heterocycles. The second kappa shape index (κ2) is 8.03. The summed E-state index contributed by atoms with van der Waals surface area (Å²) in [7, 11) is -3.53. The van der Waals surface area contributed by atoms with E-state index in [1.165, 1.54) is 5.56 Å². The molecule has 3 rings (SSSR count). The van der Waals surface area contributed by atoms with Crippen LogP contribution in [0, 0.1) is 11.8 Å². The average Bonchev–Trinajstić information content (AvgIpc) is 2.59. The fourth-order valence-electron chi connectivity index (χ4n) is 4.34. The minimum absolute atomic E-state index is 0.252. The van der Waals surface area contributed by atoms with Crippen LogP contribution in [0.3, 0.4) is 0 Å². The molecule has 1 saturated heterocycles. The van der Waals surface area contributed by atoms with E-state index in [4.69, 9.17) is 8.92 Å². The monoisotopic (exact) mass is 409 g/mol. The number of carbonyl (C=O) groups excluding carboxylic acids is 1. The van der Waals surface area contributed by atoms with Gasteiger partial charge >= 0.3 is 6.09 Å². The van der Waals surface area contributed by atoms with Crippen LogP contribution in [0.1, 0.15) is 57.3 Å². The van der Waals surface area contributed by atoms with Crippen molar-refractivity contribution < 1.29 is 22.1 Å². The molecule has 6 nitrogen and oxygen atoms in total. The lowest BCUT2D eigenvalue weighted by Crippen LogP contribution is -2.43. The maximum Gasteiger partial charge on any atom is 0.410 e. The summed E-state index contributed by atoms with van der Waals surface area (Å²) in [6.07, 6.45) is 3.86. The van der Waals surface area contributed by atoms with E-state index >= 15 is 0 Å². The number of fused-ring (bicyclic) bond motifs is 1. The van der Waals surface area contributed by atoms with Crippen LogP contribution in [0.4, 0.5) is 4.79 Å². The Kier molecular flexibility index (Phi) is 6.05. The molecule has 0 bridgehead atoms. The van der Waals surface area contributed by atoms with Gasteiger partial charge in [0.1, 0.15) is 11.7 Å². The first-order valence-electron chi connectivity index (χ1n) is 9.96. The molecule has 0 spiro atoms. The molecule has 1 fully saturated rings. The highest BCUT2D eigenvalue weighted by molar-refractivity contribution is 7.86. The van der Waals surface area contributed by atoms with Gasteiger partial charge in [-0.1, -0.05) is 24.3 Å². The van der Waals surface area contributed by atoms with Gasteiger partial charge < -0.3 is 9.64 Å². The molecular weight excluding hydrogens is 378 g/mol. The highest BCUT2D eigenvalue weighted by atomic mass is 32.2. The van der Waals surface area contributed by atoms with Crippen molar-refractivity contribution in [3.05, 3.63) is 35.4 Å². The van der Waals surface area contributed by atoms with Gasteiger partial charge in [-0.2, -0.15) is 8.42 Å². The first kappa shape index (κ1) is 21.1. The van der Waals surface area contributed by atoms with Crippen molar-refractivity contribution in [3.8, 4) is 0 Å². The molecule has 0 aromatic heterocycles. The van der Waals surface area contributed by atoms with Gasteiger partial charge in [-0.3, -0.25) is 4.18 Å². The third-order valence-corrected chi connectivity index (χ3v) is 6.13. The Balaban J connectivity index is 1.66. The molecule has 1 aromatic rings. The molecule has 2 unspecified atom stereocenters. The maximum absolute atomic E-state index is 12.3. The molecule has 28 heavy (non-hydrogen) atoms. The number of likely N-dealkylation sites (tertiary alicyclic amines) is 1. The normalized spacial score (nSPS) is 23.9. The SMILES string of the molecule is CC(C)(C)OC(=O)N1CCC(C2Cc3ccccc3C(OS(C)(=O)=O)C2)CC1. The minimum atomic E-state index is -3.53. The molecule has 2 atom stereocenters. The highest BCUT2D eigenvalue weighted by Gasteiger charge is 2.36. The number of amides is 1. The van der Waals surface area contributed by atoms with Gasteiger partial charge in [-0.25, -0.2) is 4.79 Å². The van der Waals surface area contributed by atoms with Gasteiger partial charge in [0, 0.05) is 13.1 Å². The van der Waals surface area contributed by atoms with Gasteiger partial charge in [-0.15, -0.1) is 0 Å². The number of benzene rings is 1. The van der Waals surface area contributed by atoms with Crippen LogP contribution in [0.5, 0.6) is 0 Å². The molecule has 0 radical (unpaired) electrons. The number of hydrogen-bond donors (Lipinski definition) is 0. The van der Waals surface area contributed by atoms with E-state index in [1.807, 2.05) is 39.0 Å². The van der Waals surface area contributed by atoms with Crippen LogP contribution in [-0.4, -0.2) is 44.4 Å². The number of ether oxygens (including phenoxy) is 1. The summed E-state index contributed by atoms with van der Waals surface area (Å²) in [6.45, 7) is 6.97. The van der Waals surface area contributed by atoms with E-state index < -0.39 is 21.8 Å². The molecule has 1 amide bonds. The summed E-state index contributed by atoms with van der Waals surface area (Å²) in [4.78, 5) is 14.1. The molecule has 2 aliphatic rings. The van der Waals surface area contributed by atoms with Crippen LogP contribution in [0.2, 0.25) is 0 Å². The fraction of sp³-hybridized carbons (Fsp3) is 0.667. The Morgan fingerprint density at radius 1 is 1.11 bits per heavy atom. The van der Waals surface area contributed by atoms with Crippen LogP contribution >= 0.6 is 0 Å².